The van der Waals surface area contributed by atoms with Gasteiger partial charge in [-0.2, -0.15) is 0 Å². The van der Waals surface area contributed by atoms with E-state index in [0.29, 0.717) is 0 Å². The van der Waals surface area contributed by atoms with Crippen molar-refractivity contribution in [3.8, 4) is 22.3 Å². The summed E-state index contributed by atoms with van der Waals surface area (Å²) in [6.45, 7) is 0. The van der Waals surface area contributed by atoms with E-state index in [2.05, 4.69) is 265 Å². The molecule has 1 aliphatic heterocycles. The Morgan fingerprint density at radius 1 is 0.344 bits per heavy atom. The maximum atomic E-state index is 2.50. The largest absolute Gasteiger partial charge is 0.311 e. The zero-order valence-corrected chi connectivity index (χ0v) is 34.6. The van der Waals surface area contributed by atoms with Crippen LogP contribution in [0.3, 0.4) is 0 Å². The van der Waals surface area contributed by atoms with E-state index in [9.17, 15) is 0 Å². The van der Waals surface area contributed by atoms with Crippen LogP contribution in [0.4, 0.5) is 34.1 Å². The molecule has 1 heterocycles. The molecule has 0 amide bonds. The van der Waals surface area contributed by atoms with E-state index in [1.807, 2.05) is 0 Å². The molecule has 10 aromatic carbocycles. The van der Waals surface area contributed by atoms with Gasteiger partial charge in [0, 0.05) is 34.0 Å². The molecule has 1 aliphatic rings. The van der Waals surface area contributed by atoms with Gasteiger partial charge in [0.2, 0.25) is 0 Å². The molecular weight excluding hydrogens is 753 g/mol. The van der Waals surface area contributed by atoms with E-state index in [1.165, 1.54) is 65.1 Å². The summed E-state index contributed by atoms with van der Waals surface area (Å²) in [6.07, 6.45) is 0. The number of benzene rings is 10. The van der Waals surface area contributed by atoms with Crippen LogP contribution in [0.15, 0.2) is 255 Å². The highest BCUT2D eigenvalue weighted by molar-refractivity contribution is 7.21. The minimum Gasteiger partial charge on any atom is -0.311 e. The normalized spacial score (nSPS) is 12.7. The second-order valence-electron chi connectivity index (χ2n) is 15.7. The quantitative estimate of drug-likeness (QED) is 0.141. The maximum Gasteiger partial charge on any atom is 0.184 e. The van der Waals surface area contributed by atoms with Crippen molar-refractivity contribution in [2.24, 2.45) is 0 Å². The van der Waals surface area contributed by atoms with Gasteiger partial charge in [0.05, 0.1) is 5.69 Å². The van der Waals surface area contributed by atoms with Crippen LogP contribution in [0.1, 0.15) is 0 Å². The van der Waals surface area contributed by atoms with Crippen LogP contribution in [0.2, 0.25) is 0 Å². The Bertz CT molecular complexity index is 3090. The highest BCUT2D eigenvalue weighted by atomic mass is 28.3. The van der Waals surface area contributed by atoms with Gasteiger partial charge in [-0.05, 0) is 96.7 Å². The summed E-state index contributed by atoms with van der Waals surface area (Å²) in [5, 5.41) is 7.97. The SMILES string of the molecule is c1ccc(-c2ccccc2N(c2ccc(-c3cccc4ccccc34)cc2)c2ccc3c(c2)N(c2ccccc2)c2ccccc2[Si]3(c2ccccc2)c2ccccc2)cc1. The molecule has 0 fully saturated rings. The van der Waals surface area contributed by atoms with Crippen molar-refractivity contribution in [2.45, 2.75) is 0 Å². The summed E-state index contributed by atoms with van der Waals surface area (Å²) < 4.78 is 0. The van der Waals surface area contributed by atoms with Crippen molar-refractivity contribution in [3.05, 3.63) is 255 Å². The first kappa shape index (κ1) is 36.4. The Kier molecular flexibility index (Phi) is 9.22. The van der Waals surface area contributed by atoms with E-state index in [-0.39, 0.29) is 0 Å². The molecule has 0 radical (unpaired) electrons. The van der Waals surface area contributed by atoms with Gasteiger partial charge in [-0.1, -0.05) is 206 Å². The third-order valence-electron chi connectivity index (χ3n) is 12.3. The van der Waals surface area contributed by atoms with Gasteiger partial charge in [-0.3, -0.25) is 0 Å². The minimum atomic E-state index is -2.86. The van der Waals surface area contributed by atoms with Crippen molar-refractivity contribution < 1.29 is 0 Å². The predicted molar refractivity (Wildman–Crippen MR) is 261 cm³/mol. The summed E-state index contributed by atoms with van der Waals surface area (Å²) in [6, 6.07) is 93.7. The average Bonchev–Trinajstić information content (AvgIpc) is 3.34. The second kappa shape index (κ2) is 15.5. The Morgan fingerprint density at radius 2 is 0.869 bits per heavy atom. The first-order valence-corrected chi connectivity index (χ1v) is 23.0. The highest BCUT2D eigenvalue weighted by Crippen LogP contribution is 2.45. The first-order valence-electron chi connectivity index (χ1n) is 21.0. The number of hydrogen-bond donors (Lipinski definition) is 0. The molecular formula is C58H42N2Si. The number of rotatable bonds is 8. The maximum absolute atomic E-state index is 2.86. The van der Waals surface area contributed by atoms with Crippen LogP contribution in [0, 0.1) is 0 Å². The Labute approximate surface area is 358 Å². The van der Waals surface area contributed by atoms with Crippen LogP contribution in [-0.2, 0) is 0 Å². The standard InChI is InChI=1S/C58H42N2Si/c1-5-20-44(21-6-1)53-31-15-16-33-54(53)59(47-38-36-45(37-39-47)52-32-19-23-43-22-13-14-30-51(43)52)48-40-41-58-56(42-48)60(46-24-7-2-8-25-46)55-34-17-18-35-57(55)61(58,49-26-9-3-10-27-49)50-28-11-4-12-29-50/h1-42H. The van der Waals surface area contributed by atoms with Gasteiger partial charge in [-0.25, -0.2) is 0 Å². The fourth-order valence-electron chi connectivity index (χ4n) is 9.67. The molecule has 3 heteroatoms. The third kappa shape index (κ3) is 6.18. The van der Waals surface area contributed by atoms with Crippen molar-refractivity contribution in [3.63, 3.8) is 0 Å². The molecule has 0 aromatic heterocycles. The molecule has 61 heavy (non-hydrogen) atoms. The van der Waals surface area contributed by atoms with Gasteiger partial charge < -0.3 is 9.80 Å². The number of anilines is 6. The molecule has 0 saturated heterocycles. The smallest absolute Gasteiger partial charge is 0.184 e. The molecule has 0 spiro atoms. The first-order chi connectivity index (χ1) is 30.3. The zero-order chi connectivity index (χ0) is 40.6. The van der Waals surface area contributed by atoms with Crippen molar-refractivity contribution >= 4 is 73.7 Å². The molecule has 0 aliphatic carbocycles. The summed E-state index contributed by atoms with van der Waals surface area (Å²) in [4.78, 5) is 4.95. The second-order valence-corrected chi connectivity index (χ2v) is 19.4. The van der Waals surface area contributed by atoms with Crippen LogP contribution in [-0.4, -0.2) is 8.07 Å². The molecule has 0 unspecified atom stereocenters. The van der Waals surface area contributed by atoms with Crippen LogP contribution in [0.5, 0.6) is 0 Å². The Hall–Kier alpha value is -7.72. The molecule has 2 nitrogen and oxygen atoms in total. The number of nitrogens with zero attached hydrogens (tertiary/aromatic N) is 2. The fraction of sp³-hybridized carbons (Fsp3) is 0. The van der Waals surface area contributed by atoms with Crippen molar-refractivity contribution in [1.29, 1.82) is 0 Å². The average molecular weight is 795 g/mol. The van der Waals surface area contributed by atoms with E-state index < -0.39 is 8.07 Å². The molecule has 0 bridgehead atoms. The van der Waals surface area contributed by atoms with E-state index >= 15 is 0 Å². The van der Waals surface area contributed by atoms with Crippen LogP contribution < -0.4 is 30.5 Å². The molecule has 288 valence electrons. The van der Waals surface area contributed by atoms with Gasteiger partial charge >= 0.3 is 0 Å². The lowest BCUT2D eigenvalue weighted by Crippen LogP contribution is -2.77. The van der Waals surface area contributed by atoms with E-state index in [0.717, 1.165) is 22.7 Å². The zero-order valence-electron chi connectivity index (χ0n) is 33.6. The van der Waals surface area contributed by atoms with E-state index in [4.69, 9.17) is 0 Å². The lowest BCUT2D eigenvalue weighted by Gasteiger charge is -2.45. The summed E-state index contributed by atoms with van der Waals surface area (Å²) >= 11 is 0. The van der Waals surface area contributed by atoms with Crippen molar-refractivity contribution in [1.82, 2.24) is 0 Å². The number of hydrogen-bond acceptors (Lipinski definition) is 2. The van der Waals surface area contributed by atoms with Gasteiger partial charge in [0.25, 0.3) is 0 Å². The lowest BCUT2D eigenvalue weighted by molar-refractivity contribution is 1.25. The van der Waals surface area contributed by atoms with Crippen LogP contribution in [0.25, 0.3) is 33.0 Å². The van der Waals surface area contributed by atoms with Crippen molar-refractivity contribution in [2.75, 3.05) is 9.80 Å². The van der Waals surface area contributed by atoms with Gasteiger partial charge in [-0.15, -0.1) is 0 Å². The molecule has 11 rings (SSSR count). The fourth-order valence-corrected chi connectivity index (χ4v) is 14.7. The summed E-state index contributed by atoms with van der Waals surface area (Å²) in [7, 11) is -2.86. The Balaban J connectivity index is 1.18. The van der Waals surface area contributed by atoms with E-state index in [1.54, 1.807) is 0 Å². The predicted octanol–water partition coefficient (Wildman–Crippen LogP) is 12.8. The minimum absolute atomic E-state index is 1.09. The lowest BCUT2D eigenvalue weighted by atomic mass is 9.97. The third-order valence-corrected chi connectivity index (χ3v) is 17.2. The molecule has 10 aromatic rings. The molecule has 0 atom stereocenters. The monoisotopic (exact) mass is 794 g/mol. The summed E-state index contributed by atoms with van der Waals surface area (Å²) in [5.74, 6) is 0. The number of fused-ring (bicyclic) bond motifs is 3. The van der Waals surface area contributed by atoms with Gasteiger partial charge in [0.1, 0.15) is 0 Å². The topological polar surface area (TPSA) is 6.48 Å². The molecule has 0 N–H and O–H groups in total. The van der Waals surface area contributed by atoms with Crippen LogP contribution >= 0.6 is 0 Å². The highest BCUT2D eigenvalue weighted by Gasteiger charge is 2.49. The summed E-state index contributed by atoms with van der Waals surface area (Å²) in [5.41, 5.74) is 11.6. The van der Waals surface area contributed by atoms with Gasteiger partial charge in [0.15, 0.2) is 8.07 Å². The molecule has 0 saturated carbocycles. The number of para-hydroxylation sites is 3. The Morgan fingerprint density at radius 3 is 1.61 bits per heavy atom.